The van der Waals surface area contributed by atoms with Gasteiger partial charge in [0, 0.05) is 12.0 Å². The Morgan fingerprint density at radius 3 is 2.77 bits per heavy atom. The SMILES string of the molecule is O=C(CNC(=O)[C@@H]1CC(c2cccc(F)c2)=NO1)OCc1ccccc1. The fraction of sp³-hybridized carbons (Fsp3) is 0.211. The van der Waals surface area contributed by atoms with Gasteiger partial charge >= 0.3 is 5.97 Å². The van der Waals surface area contributed by atoms with Crippen LogP contribution in [0.3, 0.4) is 0 Å². The molecule has 0 radical (unpaired) electrons. The Morgan fingerprint density at radius 1 is 1.19 bits per heavy atom. The molecule has 1 N–H and O–H groups in total. The van der Waals surface area contributed by atoms with Crippen molar-refractivity contribution in [3.05, 3.63) is 71.5 Å². The molecule has 0 spiro atoms. The highest BCUT2D eigenvalue weighted by atomic mass is 19.1. The average molecular weight is 356 g/mol. The van der Waals surface area contributed by atoms with Crippen LogP contribution in [0.4, 0.5) is 4.39 Å². The first-order valence-corrected chi connectivity index (χ1v) is 8.08. The van der Waals surface area contributed by atoms with Crippen LogP contribution in [0.25, 0.3) is 0 Å². The molecule has 1 atom stereocenters. The molecule has 1 aliphatic heterocycles. The zero-order valence-electron chi connectivity index (χ0n) is 13.9. The number of oxime groups is 1. The molecule has 2 aromatic carbocycles. The fourth-order valence-electron chi connectivity index (χ4n) is 2.42. The van der Waals surface area contributed by atoms with Gasteiger partial charge in [0.05, 0.1) is 5.71 Å². The fourth-order valence-corrected chi connectivity index (χ4v) is 2.42. The van der Waals surface area contributed by atoms with Gasteiger partial charge in [0.1, 0.15) is 19.0 Å². The molecule has 0 unspecified atom stereocenters. The second-order valence-electron chi connectivity index (χ2n) is 5.71. The van der Waals surface area contributed by atoms with Gasteiger partial charge in [0.2, 0.25) is 6.10 Å². The van der Waals surface area contributed by atoms with Crippen LogP contribution in [-0.2, 0) is 25.8 Å². The van der Waals surface area contributed by atoms with Crippen molar-refractivity contribution in [1.29, 1.82) is 0 Å². The summed E-state index contributed by atoms with van der Waals surface area (Å²) in [5.74, 6) is -1.41. The molecule has 0 saturated carbocycles. The van der Waals surface area contributed by atoms with Crippen molar-refractivity contribution >= 4 is 17.6 Å². The first-order valence-electron chi connectivity index (χ1n) is 8.08. The Bertz CT molecular complexity index is 823. The third-order valence-electron chi connectivity index (χ3n) is 3.77. The number of hydrogen-bond acceptors (Lipinski definition) is 5. The van der Waals surface area contributed by atoms with Gasteiger partial charge in [-0.3, -0.25) is 9.59 Å². The van der Waals surface area contributed by atoms with Gasteiger partial charge in [0.15, 0.2) is 0 Å². The predicted molar refractivity (Wildman–Crippen MR) is 91.7 cm³/mol. The quantitative estimate of drug-likeness (QED) is 0.805. The van der Waals surface area contributed by atoms with E-state index in [1.54, 1.807) is 12.1 Å². The first-order chi connectivity index (χ1) is 12.6. The second kappa shape index (κ2) is 8.24. The summed E-state index contributed by atoms with van der Waals surface area (Å²) in [6.07, 6.45) is -0.649. The standard InChI is InChI=1S/C19H17FN2O4/c20-15-8-4-7-14(9-15)16-10-17(26-22-16)19(24)21-11-18(23)25-12-13-5-2-1-3-6-13/h1-9,17H,10-12H2,(H,21,24)/t17-/m0/s1. The third kappa shape index (κ3) is 4.66. The molecule has 1 aliphatic rings. The zero-order chi connectivity index (χ0) is 18.4. The number of nitrogens with zero attached hydrogens (tertiary/aromatic N) is 1. The van der Waals surface area contributed by atoms with E-state index < -0.39 is 18.0 Å². The van der Waals surface area contributed by atoms with Crippen LogP contribution in [-0.4, -0.2) is 30.2 Å². The lowest BCUT2D eigenvalue weighted by molar-refractivity contribution is -0.146. The lowest BCUT2D eigenvalue weighted by Gasteiger charge is -2.09. The average Bonchev–Trinajstić information content (AvgIpc) is 3.15. The lowest BCUT2D eigenvalue weighted by Crippen LogP contribution is -2.38. The van der Waals surface area contributed by atoms with E-state index in [9.17, 15) is 14.0 Å². The molecule has 2 aromatic rings. The summed E-state index contributed by atoms with van der Waals surface area (Å²) in [4.78, 5) is 28.9. The van der Waals surface area contributed by atoms with Gasteiger partial charge in [-0.1, -0.05) is 47.6 Å². The number of rotatable bonds is 6. The molecule has 6 nitrogen and oxygen atoms in total. The number of halogens is 1. The second-order valence-corrected chi connectivity index (χ2v) is 5.71. The minimum absolute atomic E-state index is 0.141. The van der Waals surface area contributed by atoms with Gasteiger partial charge in [-0.15, -0.1) is 0 Å². The number of benzene rings is 2. The molecule has 0 bridgehead atoms. The van der Waals surface area contributed by atoms with Crippen molar-refractivity contribution in [2.75, 3.05) is 6.54 Å². The van der Waals surface area contributed by atoms with Gasteiger partial charge < -0.3 is 14.9 Å². The predicted octanol–water partition coefficient (Wildman–Crippen LogP) is 2.18. The topological polar surface area (TPSA) is 77.0 Å². The Kier molecular flexibility index (Phi) is 5.58. The number of hydrogen-bond donors (Lipinski definition) is 1. The van der Waals surface area contributed by atoms with Crippen LogP contribution in [0.5, 0.6) is 0 Å². The number of carbonyl (C=O) groups excluding carboxylic acids is 2. The highest BCUT2D eigenvalue weighted by Crippen LogP contribution is 2.17. The molecule has 0 saturated heterocycles. The van der Waals surface area contributed by atoms with Gasteiger partial charge in [-0.05, 0) is 17.7 Å². The van der Waals surface area contributed by atoms with Gasteiger partial charge in [-0.2, -0.15) is 0 Å². The Hall–Kier alpha value is -3.22. The first kappa shape index (κ1) is 17.6. The lowest BCUT2D eigenvalue weighted by atomic mass is 10.0. The zero-order valence-corrected chi connectivity index (χ0v) is 13.9. The van der Waals surface area contributed by atoms with E-state index in [1.165, 1.54) is 12.1 Å². The molecule has 0 aromatic heterocycles. The van der Waals surface area contributed by atoms with Crippen molar-refractivity contribution in [2.24, 2.45) is 5.16 Å². The van der Waals surface area contributed by atoms with Crippen molar-refractivity contribution in [1.82, 2.24) is 5.32 Å². The van der Waals surface area contributed by atoms with Crippen LogP contribution < -0.4 is 5.32 Å². The Morgan fingerprint density at radius 2 is 2.00 bits per heavy atom. The van der Waals surface area contributed by atoms with Crippen molar-refractivity contribution in [2.45, 2.75) is 19.1 Å². The van der Waals surface area contributed by atoms with E-state index in [4.69, 9.17) is 9.57 Å². The molecular weight excluding hydrogens is 339 g/mol. The third-order valence-corrected chi connectivity index (χ3v) is 3.77. The van der Waals surface area contributed by atoms with Crippen LogP contribution in [0, 0.1) is 5.82 Å². The highest BCUT2D eigenvalue weighted by Gasteiger charge is 2.29. The number of ether oxygens (including phenoxy) is 1. The maximum atomic E-state index is 13.3. The molecule has 26 heavy (non-hydrogen) atoms. The molecular formula is C19H17FN2O4. The summed E-state index contributed by atoms with van der Waals surface area (Å²) in [6.45, 7) is -0.122. The summed E-state index contributed by atoms with van der Waals surface area (Å²) < 4.78 is 18.3. The minimum atomic E-state index is -0.852. The number of amides is 1. The monoisotopic (exact) mass is 356 g/mol. The number of carbonyl (C=O) groups is 2. The number of esters is 1. The van der Waals surface area contributed by atoms with Crippen LogP contribution in [0.2, 0.25) is 0 Å². The molecule has 0 fully saturated rings. The summed E-state index contributed by atoms with van der Waals surface area (Å²) in [6, 6.07) is 15.1. The van der Waals surface area contributed by atoms with Crippen molar-refractivity contribution in [3.63, 3.8) is 0 Å². The Labute approximate surface area is 149 Å². The smallest absolute Gasteiger partial charge is 0.325 e. The highest BCUT2D eigenvalue weighted by molar-refractivity contribution is 6.04. The molecule has 3 rings (SSSR count). The summed E-state index contributed by atoms with van der Waals surface area (Å²) in [7, 11) is 0. The molecule has 1 amide bonds. The van der Waals surface area contributed by atoms with Crippen LogP contribution in [0.15, 0.2) is 59.8 Å². The maximum absolute atomic E-state index is 13.3. The molecule has 0 aliphatic carbocycles. The molecule has 7 heteroatoms. The largest absolute Gasteiger partial charge is 0.460 e. The minimum Gasteiger partial charge on any atom is -0.460 e. The molecule has 134 valence electrons. The van der Waals surface area contributed by atoms with E-state index in [0.29, 0.717) is 11.3 Å². The van der Waals surface area contributed by atoms with Crippen LogP contribution in [0.1, 0.15) is 17.5 Å². The van der Waals surface area contributed by atoms with E-state index in [1.807, 2.05) is 30.3 Å². The van der Waals surface area contributed by atoms with E-state index >= 15 is 0 Å². The van der Waals surface area contributed by atoms with Crippen LogP contribution >= 0.6 is 0 Å². The van der Waals surface area contributed by atoms with E-state index in [-0.39, 0.29) is 25.4 Å². The normalized spacial score (nSPS) is 15.7. The maximum Gasteiger partial charge on any atom is 0.325 e. The Balaban J connectivity index is 1.42. The van der Waals surface area contributed by atoms with Crippen molar-refractivity contribution in [3.8, 4) is 0 Å². The van der Waals surface area contributed by atoms with Crippen molar-refractivity contribution < 1.29 is 23.6 Å². The van der Waals surface area contributed by atoms with E-state index in [0.717, 1.165) is 5.56 Å². The molecule has 1 heterocycles. The van der Waals surface area contributed by atoms with Gasteiger partial charge in [0.25, 0.3) is 5.91 Å². The summed E-state index contributed by atoms with van der Waals surface area (Å²) in [5.41, 5.74) is 1.90. The summed E-state index contributed by atoms with van der Waals surface area (Å²) >= 11 is 0. The summed E-state index contributed by atoms with van der Waals surface area (Å²) in [5, 5.41) is 6.28. The van der Waals surface area contributed by atoms with E-state index in [2.05, 4.69) is 10.5 Å². The van der Waals surface area contributed by atoms with Gasteiger partial charge in [-0.25, -0.2) is 4.39 Å². The number of nitrogens with one attached hydrogen (secondary N) is 1.